The van der Waals surface area contributed by atoms with Crippen molar-refractivity contribution >= 4 is 43.9 Å². The van der Waals surface area contributed by atoms with Crippen molar-refractivity contribution in [3.05, 3.63) is 51.5 Å². The van der Waals surface area contributed by atoms with Crippen molar-refractivity contribution in [2.45, 2.75) is 26.3 Å². The number of aromatic amines is 1. The van der Waals surface area contributed by atoms with Gasteiger partial charge in [-0.25, -0.2) is 10.1 Å². The molecule has 0 radical (unpaired) electrons. The predicted octanol–water partition coefficient (Wildman–Crippen LogP) is 3.74. The van der Waals surface area contributed by atoms with Gasteiger partial charge in [0.1, 0.15) is 10.4 Å². The third-order valence-electron chi connectivity index (χ3n) is 5.34. The number of fused-ring (bicyclic) bond motifs is 1. The highest BCUT2D eigenvalue weighted by Gasteiger charge is 2.25. The van der Waals surface area contributed by atoms with Gasteiger partial charge in [-0.3, -0.25) is 9.69 Å². The largest absolute Gasteiger partial charge is 0.369 e. The number of nitrogens with zero attached hydrogens (tertiary/aromatic N) is 4. The molecule has 7 nitrogen and oxygen atoms in total. The van der Waals surface area contributed by atoms with Gasteiger partial charge in [0.2, 0.25) is 0 Å². The van der Waals surface area contributed by atoms with Crippen molar-refractivity contribution in [3.63, 3.8) is 0 Å². The molecule has 0 spiro atoms. The smallest absolute Gasteiger partial charge is 0.275 e. The summed E-state index contributed by atoms with van der Waals surface area (Å²) in [6, 6.07) is 10.1. The lowest BCUT2D eigenvalue weighted by atomic mass is 10.0. The van der Waals surface area contributed by atoms with Crippen molar-refractivity contribution < 1.29 is 0 Å². The molecule has 3 aromatic rings. The summed E-state index contributed by atoms with van der Waals surface area (Å²) in [5, 5.41) is 10.8. The van der Waals surface area contributed by atoms with E-state index in [9.17, 15) is 4.79 Å². The molecule has 0 unspecified atom stereocenters. The molecule has 1 aromatic carbocycles. The van der Waals surface area contributed by atoms with E-state index < -0.39 is 0 Å². The fourth-order valence-corrected chi connectivity index (χ4v) is 4.13. The maximum absolute atomic E-state index is 12.2. The second-order valence-corrected chi connectivity index (χ2v) is 9.09. The number of benzene rings is 1. The van der Waals surface area contributed by atoms with Gasteiger partial charge in [-0.05, 0) is 67.0 Å². The summed E-state index contributed by atoms with van der Waals surface area (Å²) in [6.07, 6.45) is 1.62. The van der Waals surface area contributed by atoms with E-state index in [-0.39, 0.29) is 11.1 Å². The Bertz CT molecular complexity index is 1070. The summed E-state index contributed by atoms with van der Waals surface area (Å²) < 4.78 is 0.647. The standard InChI is InChI=1S/C21H25BrN6O/c1-21(2,3)28-10-8-27(9-11-28)16-6-4-15(5-7-16)24-19-18-14(12-17(22)25-19)13-23-26-20(18)29/h4-7,12-13H,8-11H2,1-3H3,(H,24,25)(H,26,29). The number of anilines is 3. The van der Waals surface area contributed by atoms with Gasteiger partial charge in [0.25, 0.3) is 5.56 Å². The van der Waals surface area contributed by atoms with E-state index in [1.54, 1.807) is 12.3 Å². The Hall–Kier alpha value is -2.45. The zero-order valence-electron chi connectivity index (χ0n) is 16.9. The van der Waals surface area contributed by atoms with Crippen LogP contribution in [-0.2, 0) is 0 Å². The maximum atomic E-state index is 12.2. The Balaban J connectivity index is 1.52. The molecule has 1 aliphatic rings. The normalized spacial score (nSPS) is 15.7. The second kappa shape index (κ2) is 7.76. The van der Waals surface area contributed by atoms with Gasteiger partial charge in [-0.15, -0.1) is 0 Å². The van der Waals surface area contributed by atoms with Crippen LogP contribution in [0.1, 0.15) is 20.8 Å². The average molecular weight is 457 g/mol. The average Bonchev–Trinajstić information content (AvgIpc) is 2.68. The van der Waals surface area contributed by atoms with Crippen molar-refractivity contribution in [1.82, 2.24) is 20.1 Å². The molecule has 8 heteroatoms. The van der Waals surface area contributed by atoms with Crippen molar-refractivity contribution in [3.8, 4) is 0 Å². The molecule has 29 heavy (non-hydrogen) atoms. The number of hydrogen-bond acceptors (Lipinski definition) is 6. The van der Waals surface area contributed by atoms with E-state index in [4.69, 9.17) is 0 Å². The van der Waals surface area contributed by atoms with Gasteiger partial charge in [0, 0.05) is 48.5 Å². The Kier molecular flexibility index (Phi) is 5.31. The van der Waals surface area contributed by atoms with Gasteiger partial charge >= 0.3 is 0 Å². The topological polar surface area (TPSA) is 77.2 Å². The molecule has 0 saturated carbocycles. The van der Waals surface area contributed by atoms with Crippen LogP contribution in [0.25, 0.3) is 10.8 Å². The van der Waals surface area contributed by atoms with Crippen LogP contribution < -0.4 is 15.8 Å². The molecule has 1 fully saturated rings. The molecule has 0 bridgehead atoms. The van der Waals surface area contributed by atoms with Crippen LogP contribution >= 0.6 is 15.9 Å². The van der Waals surface area contributed by atoms with Crippen molar-refractivity contribution in [2.24, 2.45) is 0 Å². The third-order valence-corrected chi connectivity index (χ3v) is 5.75. The molecule has 1 aliphatic heterocycles. The van der Waals surface area contributed by atoms with E-state index in [0.717, 1.165) is 37.3 Å². The van der Waals surface area contributed by atoms with Crippen LogP contribution in [0.5, 0.6) is 0 Å². The van der Waals surface area contributed by atoms with Gasteiger partial charge in [0.15, 0.2) is 0 Å². The molecule has 1 saturated heterocycles. The lowest BCUT2D eigenvalue weighted by Gasteiger charge is -2.43. The van der Waals surface area contributed by atoms with Crippen LogP contribution in [0, 0.1) is 0 Å². The predicted molar refractivity (Wildman–Crippen MR) is 121 cm³/mol. The van der Waals surface area contributed by atoms with Gasteiger partial charge in [0.05, 0.1) is 11.6 Å². The third kappa shape index (κ3) is 4.28. The van der Waals surface area contributed by atoms with Gasteiger partial charge in [-0.2, -0.15) is 5.10 Å². The van der Waals surface area contributed by atoms with E-state index in [1.165, 1.54) is 5.69 Å². The van der Waals surface area contributed by atoms with Crippen LogP contribution in [0.2, 0.25) is 0 Å². The first-order chi connectivity index (χ1) is 13.8. The first-order valence-electron chi connectivity index (χ1n) is 9.72. The Morgan fingerprint density at radius 1 is 1.10 bits per heavy atom. The number of pyridine rings is 1. The Labute approximate surface area is 178 Å². The zero-order valence-corrected chi connectivity index (χ0v) is 18.5. The minimum Gasteiger partial charge on any atom is -0.369 e. The minimum absolute atomic E-state index is 0.215. The number of nitrogens with one attached hydrogen (secondary N) is 2. The van der Waals surface area contributed by atoms with Crippen molar-refractivity contribution in [2.75, 3.05) is 36.4 Å². The van der Waals surface area contributed by atoms with Crippen LogP contribution in [-0.4, -0.2) is 51.8 Å². The van der Waals surface area contributed by atoms with E-state index >= 15 is 0 Å². The SMILES string of the molecule is CC(C)(C)N1CCN(c2ccc(Nc3nc(Br)cc4cn[nH]c(=O)c34)cc2)CC1. The molecular formula is C21H25BrN6O. The molecule has 0 atom stereocenters. The zero-order chi connectivity index (χ0) is 20.6. The van der Waals surface area contributed by atoms with Gasteiger partial charge < -0.3 is 10.2 Å². The molecule has 2 aromatic heterocycles. The lowest BCUT2D eigenvalue weighted by Crippen LogP contribution is -2.53. The first kappa shape index (κ1) is 19.8. The summed E-state index contributed by atoms with van der Waals surface area (Å²) in [5.74, 6) is 0.504. The molecule has 0 amide bonds. The maximum Gasteiger partial charge on any atom is 0.275 e. The fraction of sp³-hybridized carbons (Fsp3) is 0.381. The molecule has 3 heterocycles. The Morgan fingerprint density at radius 2 is 1.79 bits per heavy atom. The summed E-state index contributed by atoms with van der Waals surface area (Å²) in [4.78, 5) is 21.6. The minimum atomic E-state index is -0.265. The molecule has 152 valence electrons. The molecular weight excluding hydrogens is 432 g/mol. The first-order valence-corrected chi connectivity index (χ1v) is 10.5. The van der Waals surface area contributed by atoms with Crippen molar-refractivity contribution in [1.29, 1.82) is 0 Å². The summed E-state index contributed by atoms with van der Waals surface area (Å²) >= 11 is 3.40. The van der Waals surface area contributed by atoms with E-state index in [2.05, 4.69) is 79.1 Å². The number of piperazine rings is 1. The summed E-state index contributed by atoms with van der Waals surface area (Å²) in [6.45, 7) is 11.0. The molecule has 2 N–H and O–H groups in total. The number of halogens is 1. The number of rotatable bonds is 3. The quantitative estimate of drug-likeness (QED) is 0.584. The number of hydrogen-bond donors (Lipinski definition) is 2. The van der Waals surface area contributed by atoms with Gasteiger partial charge in [-0.1, -0.05) is 0 Å². The highest BCUT2D eigenvalue weighted by molar-refractivity contribution is 9.10. The highest BCUT2D eigenvalue weighted by Crippen LogP contribution is 2.27. The summed E-state index contributed by atoms with van der Waals surface area (Å²) in [7, 11) is 0. The fourth-order valence-electron chi connectivity index (χ4n) is 3.71. The highest BCUT2D eigenvalue weighted by atomic mass is 79.9. The number of aromatic nitrogens is 3. The summed E-state index contributed by atoms with van der Waals surface area (Å²) in [5.41, 5.74) is 2.04. The van der Waals surface area contributed by atoms with E-state index in [0.29, 0.717) is 15.8 Å². The monoisotopic (exact) mass is 456 g/mol. The lowest BCUT2D eigenvalue weighted by molar-refractivity contribution is 0.128. The second-order valence-electron chi connectivity index (χ2n) is 8.27. The van der Waals surface area contributed by atoms with Crippen LogP contribution in [0.15, 0.2) is 45.9 Å². The van der Waals surface area contributed by atoms with Crippen LogP contribution in [0.3, 0.4) is 0 Å². The molecule has 0 aliphatic carbocycles. The molecule has 4 rings (SSSR count). The van der Waals surface area contributed by atoms with E-state index in [1.807, 2.05) is 12.1 Å². The van der Waals surface area contributed by atoms with Crippen LogP contribution in [0.4, 0.5) is 17.2 Å². The number of H-pyrrole nitrogens is 1. The Morgan fingerprint density at radius 3 is 2.45 bits per heavy atom.